The molecule has 1 rings (SSSR count). The van der Waals surface area contributed by atoms with Crippen LogP contribution >= 0.6 is 15.9 Å². The van der Waals surface area contributed by atoms with Crippen LogP contribution in [0.25, 0.3) is 0 Å². The summed E-state index contributed by atoms with van der Waals surface area (Å²) in [6, 6.07) is 3.55. The summed E-state index contributed by atoms with van der Waals surface area (Å²) in [5, 5.41) is 18.8. The van der Waals surface area contributed by atoms with Gasteiger partial charge in [-0.05, 0) is 54.4 Å². The summed E-state index contributed by atoms with van der Waals surface area (Å²) >= 11 is 3.41. The van der Waals surface area contributed by atoms with Crippen molar-refractivity contribution in [2.45, 2.75) is 39.4 Å². The Kier molecular flexibility index (Phi) is 6.10. The predicted octanol–water partition coefficient (Wildman–Crippen LogP) is 2.88. The first-order valence-corrected chi connectivity index (χ1v) is 7.08. The third kappa shape index (κ3) is 5.38. The molecule has 0 amide bonds. The molecule has 0 saturated heterocycles. The van der Waals surface area contributed by atoms with E-state index in [0.717, 1.165) is 10.0 Å². The first-order chi connectivity index (χ1) is 8.87. The van der Waals surface area contributed by atoms with E-state index in [1.54, 1.807) is 26.0 Å². The molecule has 4 nitrogen and oxygen atoms in total. The maximum atomic E-state index is 9.66. The van der Waals surface area contributed by atoms with Gasteiger partial charge in [0.05, 0.1) is 29.9 Å². The lowest BCUT2D eigenvalue weighted by atomic mass is 10.1. The highest BCUT2D eigenvalue weighted by atomic mass is 79.9. The minimum atomic E-state index is -0.761. The van der Waals surface area contributed by atoms with E-state index in [0.29, 0.717) is 31.1 Å². The highest BCUT2D eigenvalue weighted by molar-refractivity contribution is 9.10. The van der Waals surface area contributed by atoms with E-state index < -0.39 is 5.60 Å². The van der Waals surface area contributed by atoms with Crippen molar-refractivity contribution in [3.05, 3.63) is 22.2 Å². The topological polar surface area (TPSA) is 58.9 Å². The van der Waals surface area contributed by atoms with E-state index in [1.165, 1.54) is 0 Å². The van der Waals surface area contributed by atoms with Crippen molar-refractivity contribution in [3.8, 4) is 11.5 Å². The molecule has 1 aromatic carbocycles. The second kappa shape index (κ2) is 7.12. The molecule has 0 saturated carbocycles. The number of ether oxygens (including phenoxy) is 2. The van der Waals surface area contributed by atoms with Gasteiger partial charge < -0.3 is 19.7 Å². The maximum absolute atomic E-state index is 9.66. The van der Waals surface area contributed by atoms with E-state index >= 15 is 0 Å². The summed E-state index contributed by atoms with van der Waals surface area (Å²) in [7, 11) is 0. The first-order valence-electron chi connectivity index (χ1n) is 6.28. The number of hydrogen-bond donors (Lipinski definition) is 2. The molecule has 0 radical (unpaired) electrons. The number of halogens is 1. The van der Waals surface area contributed by atoms with Crippen molar-refractivity contribution in [1.82, 2.24) is 0 Å². The molecule has 2 N–H and O–H groups in total. The molecule has 0 spiro atoms. The zero-order chi connectivity index (χ0) is 14.5. The zero-order valence-corrected chi connectivity index (χ0v) is 13.2. The van der Waals surface area contributed by atoms with Crippen molar-refractivity contribution < 1.29 is 19.7 Å². The number of aliphatic hydroxyl groups excluding tert-OH is 1. The van der Waals surface area contributed by atoms with Gasteiger partial charge in [-0.3, -0.25) is 0 Å². The molecular formula is C14H21BrO4. The Labute approximate surface area is 122 Å². The van der Waals surface area contributed by atoms with Crippen LogP contribution in [0.5, 0.6) is 11.5 Å². The minimum Gasteiger partial charge on any atom is -0.490 e. The first kappa shape index (κ1) is 16.3. The Morgan fingerprint density at radius 2 is 1.95 bits per heavy atom. The Bertz CT molecular complexity index is 413. The van der Waals surface area contributed by atoms with Gasteiger partial charge in [0.1, 0.15) is 0 Å². The number of aliphatic hydroxyl groups is 2. The van der Waals surface area contributed by atoms with Gasteiger partial charge in [-0.15, -0.1) is 0 Å². The average molecular weight is 333 g/mol. The van der Waals surface area contributed by atoms with Crippen LogP contribution in [-0.2, 0) is 6.61 Å². The zero-order valence-electron chi connectivity index (χ0n) is 11.6. The third-order valence-corrected chi connectivity index (χ3v) is 3.10. The Hall–Kier alpha value is -0.780. The van der Waals surface area contributed by atoms with Crippen LogP contribution in [0.4, 0.5) is 0 Å². The summed E-state index contributed by atoms with van der Waals surface area (Å²) < 4.78 is 11.9. The average Bonchev–Trinajstić information content (AvgIpc) is 2.31. The summed E-state index contributed by atoms with van der Waals surface area (Å²) in [5.74, 6) is 1.19. The molecule has 0 fully saturated rings. The molecule has 0 atom stereocenters. The van der Waals surface area contributed by atoms with Crippen molar-refractivity contribution >= 4 is 15.9 Å². The fraction of sp³-hybridized carbons (Fsp3) is 0.571. The van der Waals surface area contributed by atoms with Crippen LogP contribution in [0.3, 0.4) is 0 Å². The van der Waals surface area contributed by atoms with Gasteiger partial charge in [-0.25, -0.2) is 0 Å². The Morgan fingerprint density at radius 3 is 2.47 bits per heavy atom. The SMILES string of the molecule is CCOc1cc(CO)cc(Br)c1OCCC(C)(C)O. The number of benzene rings is 1. The van der Waals surface area contributed by atoms with Crippen molar-refractivity contribution in [3.63, 3.8) is 0 Å². The monoisotopic (exact) mass is 332 g/mol. The van der Waals surface area contributed by atoms with Crippen molar-refractivity contribution in [2.75, 3.05) is 13.2 Å². The molecule has 0 heterocycles. The smallest absolute Gasteiger partial charge is 0.175 e. The van der Waals surface area contributed by atoms with Crippen LogP contribution in [0.2, 0.25) is 0 Å². The molecule has 0 unspecified atom stereocenters. The van der Waals surface area contributed by atoms with E-state index in [2.05, 4.69) is 15.9 Å². The van der Waals surface area contributed by atoms with Crippen LogP contribution in [0.15, 0.2) is 16.6 Å². The predicted molar refractivity (Wildman–Crippen MR) is 77.6 cm³/mol. The highest BCUT2D eigenvalue weighted by Crippen LogP contribution is 2.37. The lowest BCUT2D eigenvalue weighted by molar-refractivity contribution is 0.0547. The molecule has 0 aliphatic heterocycles. The molecule has 0 bridgehead atoms. The van der Waals surface area contributed by atoms with Crippen molar-refractivity contribution in [1.29, 1.82) is 0 Å². The molecule has 1 aromatic rings. The molecule has 0 aliphatic rings. The van der Waals surface area contributed by atoms with Gasteiger partial charge >= 0.3 is 0 Å². The fourth-order valence-electron chi connectivity index (χ4n) is 1.52. The largest absolute Gasteiger partial charge is 0.490 e. The quantitative estimate of drug-likeness (QED) is 0.806. The van der Waals surface area contributed by atoms with E-state index in [4.69, 9.17) is 9.47 Å². The van der Waals surface area contributed by atoms with Gasteiger partial charge in [-0.2, -0.15) is 0 Å². The fourth-order valence-corrected chi connectivity index (χ4v) is 2.12. The molecular weight excluding hydrogens is 312 g/mol. The molecule has 0 aliphatic carbocycles. The summed E-state index contributed by atoms with van der Waals surface area (Å²) in [6.07, 6.45) is 0.521. The maximum Gasteiger partial charge on any atom is 0.175 e. The number of hydrogen-bond acceptors (Lipinski definition) is 4. The van der Waals surface area contributed by atoms with Crippen molar-refractivity contribution in [2.24, 2.45) is 0 Å². The molecule has 108 valence electrons. The van der Waals surface area contributed by atoms with Crippen LogP contribution in [0, 0.1) is 0 Å². The molecule has 0 aromatic heterocycles. The second-order valence-corrected chi connectivity index (χ2v) is 5.76. The lowest BCUT2D eigenvalue weighted by Crippen LogP contribution is -2.22. The van der Waals surface area contributed by atoms with Gasteiger partial charge in [-0.1, -0.05) is 0 Å². The third-order valence-electron chi connectivity index (χ3n) is 2.51. The van der Waals surface area contributed by atoms with E-state index in [-0.39, 0.29) is 6.61 Å². The van der Waals surface area contributed by atoms with Crippen LogP contribution in [-0.4, -0.2) is 29.0 Å². The Morgan fingerprint density at radius 1 is 1.26 bits per heavy atom. The highest BCUT2D eigenvalue weighted by Gasteiger charge is 2.15. The van der Waals surface area contributed by atoms with Gasteiger partial charge in [0, 0.05) is 6.42 Å². The molecule has 19 heavy (non-hydrogen) atoms. The second-order valence-electron chi connectivity index (χ2n) is 4.91. The Balaban J connectivity index is 2.85. The molecule has 5 heteroatoms. The van der Waals surface area contributed by atoms with Gasteiger partial charge in [0.15, 0.2) is 11.5 Å². The van der Waals surface area contributed by atoms with E-state index in [1.807, 2.05) is 6.92 Å². The standard InChI is InChI=1S/C14H21BrO4/c1-4-18-12-8-10(9-16)7-11(15)13(12)19-6-5-14(2,3)17/h7-8,16-17H,4-6,9H2,1-3H3. The summed E-state index contributed by atoms with van der Waals surface area (Å²) in [4.78, 5) is 0. The van der Waals surface area contributed by atoms with Gasteiger partial charge in [0.2, 0.25) is 0 Å². The minimum absolute atomic E-state index is 0.0530. The number of rotatable bonds is 7. The van der Waals surface area contributed by atoms with Gasteiger partial charge in [0.25, 0.3) is 0 Å². The van der Waals surface area contributed by atoms with Crippen LogP contribution in [0.1, 0.15) is 32.8 Å². The van der Waals surface area contributed by atoms with Crippen LogP contribution < -0.4 is 9.47 Å². The summed E-state index contributed by atoms with van der Waals surface area (Å²) in [5.41, 5.74) is -0.00584. The van der Waals surface area contributed by atoms with E-state index in [9.17, 15) is 10.2 Å². The summed E-state index contributed by atoms with van der Waals surface area (Å²) in [6.45, 7) is 6.22. The normalized spacial score (nSPS) is 11.5. The lowest BCUT2D eigenvalue weighted by Gasteiger charge is -2.19.